The van der Waals surface area contributed by atoms with Gasteiger partial charge in [-0.15, -0.1) is 5.10 Å². The number of aromatic nitrogens is 5. The molecule has 2 aromatic heterocycles. The van der Waals surface area contributed by atoms with Crippen LogP contribution in [0.1, 0.15) is 37.9 Å². The van der Waals surface area contributed by atoms with Crippen LogP contribution in [0, 0.1) is 12.8 Å². The van der Waals surface area contributed by atoms with E-state index >= 15 is 0 Å². The van der Waals surface area contributed by atoms with E-state index in [2.05, 4.69) is 33.0 Å². The molecule has 23 heavy (non-hydrogen) atoms. The molecular formula is C15H23N7O. The first-order chi connectivity index (χ1) is 11.1. The first-order valence-corrected chi connectivity index (χ1v) is 8.08. The van der Waals surface area contributed by atoms with Gasteiger partial charge in [0.2, 0.25) is 0 Å². The fraction of sp³-hybridized carbons (Fsp3) is 0.600. The van der Waals surface area contributed by atoms with E-state index in [0.29, 0.717) is 18.5 Å². The first-order valence-electron chi connectivity index (χ1n) is 8.08. The number of nitrogens with one attached hydrogen (secondary N) is 2. The number of aryl methyl sites for hydroxylation is 2. The molecule has 1 aliphatic rings. The number of carbonyl (C=O) groups excluding carboxylic acids is 1. The molecular weight excluding hydrogens is 294 g/mol. The third kappa shape index (κ3) is 4.08. The Hall–Kier alpha value is -2.38. The maximum atomic E-state index is 12.0. The Morgan fingerprint density at radius 3 is 3.00 bits per heavy atom. The van der Waals surface area contributed by atoms with Gasteiger partial charge in [0.1, 0.15) is 5.82 Å². The lowest BCUT2D eigenvalue weighted by Gasteiger charge is -2.15. The fourth-order valence-electron chi connectivity index (χ4n) is 2.65. The van der Waals surface area contributed by atoms with E-state index in [0.717, 1.165) is 24.5 Å². The second-order valence-corrected chi connectivity index (χ2v) is 6.09. The van der Waals surface area contributed by atoms with E-state index < -0.39 is 0 Å². The Morgan fingerprint density at radius 2 is 2.30 bits per heavy atom. The first kappa shape index (κ1) is 15.5. The van der Waals surface area contributed by atoms with Crippen LogP contribution in [0.4, 0.5) is 10.6 Å². The van der Waals surface area contributed by atoms with Gasteiger partial charge in [-0.25, -0.2) is 9.48 Å². The Labute approximate surface area is 135 Å². The lowest BCUT2D eigenvalue weighted by molar-refractivity contribution is 0.251. The zero-order valence-corrected chi connectivity index (χ0v) is 13.6. The number of carbonyl (C=O) groups is 1. The number of urea groups is 1. The van der Waals surface area contributed by atoms with Crippen LogP contribution in [0.15, 0.2) is 18.5 Å². The van der Waals surface area contributed by atoms with Gasteiger partial charge in [-0.05, 0) is 39.0 Å². The average Bonchev–Trinajstić information content (AvgIpc) is 3.12. The monoisotopic (exact) mass is 317 g/mol. The summed E-state index contributed by atoms with van der Waals surface area (Å²) in [6, 6.07) is 2.03. The molecule has 0 unspecified atom stereocenters. The molecule has 0 bridgehead atoms. The van der Waals surface area contributed by atoms with Crippen molar-refractivity contribution in [2.45, 2.75) is 45.7 Å². The highest BCUT2D eigenvalue weighted by Gasteiger charge is 2.31. The predicted octanol–water partition coefficient (Wildman–Crippen LogP) is 1.97. The molecule has 2 aromatic rings. The van der Waals surface area contributed by atoms with Gasteiger partial charge in [0.15, 0.2) is 0 Å². The summed E-state index contributed by atoms with van der Waals surface area (Å²) in [5.74, 6) is 1.44. The number of rotatable bonds is 7. The molecule has 2 heterocycles. The molecule has 0 aromatic carbocycles. The van der Waals surface area contributed by atoms with Gasteiger partial charge in [-0.3, -0.25) is 10.00 Å². The number of nitrogens with zero attached hydrogens (tertiary/aromatic N) is 5. The minimum atomic E-state index is -0.201. The van der Waals surface area contributed by atoms with Crippen molar-refractivity contribution in [1.29, 1.82) is 0 Å². The van der Waals surface area contributed by atoms with E-state index in [1.807, 2.05) is 17.7 Å². The third-order valence-electron chi connectivity index (χ3n) is 4.11. The lowest BCUT2D eigenvalue weighted by atomic mass is 10.2. The molecule has 2 N–H and O–H groups in total. The molecule has 8 nitrogen and oxygen atoms in total. The molecule has 8 heteroatoms. The van der Waals surface area contributed by atoms with Gasteiger partial charge in [-0.2, -0.15) is 5.10 Å². The highest BCUT2D eigenvalue weighted by atomic mass is 16.2. The van der Waals surface area contributed by atoms with Crippen molar-refractivity contribution in [3.8, 4) is 0 Å². The van der Waals surface area contributed by atoms with E-state index in [-0.39, 0.29) is 6.03 Å². The quantitative estimate of drug-likeness (QED) is 0.764. The van der Waals surface area contributed by atoms with E-state index in [4.69, 9.17) is 0 Å². The Balaban J connectivity index is 1.47. The van der Waals surface area contributed by atoms with E-state index in [1.54, 1.807) is 17.1 Å². The van der Waals surface area contributed by atoms with Crippen LogP contribution < -0.4 is 10.6 Å². The zero-order valence-electron chi connectivity index (χ0n) is 13.6. The SMILES string of the molecule is Cc1cc(NC(=O)NCCCn2ccnn2)n([C@H](C)C2CC2)n1. The van der Waals surface area contributed by atoms with Crippen LogP contribution in [0.5, 0.6) is 0 Å². The zero-order chi connectivity index (χ0) is 16.2. The molecule has 1 atom stereocenters. The van der Waals surface area contributed by atoms with Crippen LogP contribution in [-0.4, -0.2) is 37.4 Å². The van der Waals surface area contributed by atoms with Gasteiger partial charge in [0, 0.05) is 25.4 Å². The maximum Gasteiger partial charge on any atom is 0.320 e. The summed E-state index contributed by atoms with van der Waals surface area (Å²) < 4.78 is 3.68. The van der Waals surface area contributed by atoms with Crippen molar-refractivity contribution in [1.82, 2.24) is 30.1 Å². The summed E-state index contributed by atoms with van der Waals surface area (Å²) >= 11 is 0. The summed E-state index contributed by atoms with van der Waals surface area (Å²) in [7, 11) is 0. The summed E-state index contributed by atoms with van der Waals surface area (Å²) in [6.07, 6.45) is 6.74. The van der Waals surface area contributed by atoms with Gasteiger partial charge in [0.05, 0.1) is 17.9 Å². The number of anilines is 1. The van der Waals surface area contributed by atoms with Crippen molar-refractivity contribution < 1.29 is 4.79 Å². The molecule has 1 aliphatic carbocycles. The van der Waals surface area contributed by atoms with E-state index in [1.165, 1.54) is 12.8 Å². The number of hydrogen-bond acceptors (Lipinski definition) is 4. The molecule has 1 saturated carbocycles. The van der Waals surface area contributed by atoms with Gasteiger partial charge >= 0.3 is 6.03 Å². The standard InChI is InChI=1S/C15H23N7O/c1-11-10-14(22(19-11)12(2)13-4-5-13)18-15(23)16-6-3-8-21-9-7-17-20-21/h7,9-10,12-13H,3-6,8H2,1-2H3,(H2,16,18,23)/t12-/m1/s1. The van der Waals surface area contributed by atoms with Crippen molar-refractivity contribution in [3.05, 3.63) is 24.2 Å². The van der Waals surface area contributed by atoms with Gasteiger partial charge in [-0.1, -0.05) is 5.21 Å². The molecule has 0 aliphatic heterocycles. The smallest absolute Gasteiger partial charge is 0.320 e. The lowest BCUT2D eigenvalue weighted by Crippen LogP contribution is -2.31. The van der Waals surface area contributed by atoms with Crippen LogP contribution in [0.2, 0.25) is 0 Å². The Bertz CT molecular complexity index is 645. The molecule has 3 rings (SSSR count). The normalized spacial score (nSPS) is 15.4. The fourth-order valence-corrected chi connectivity index (χ4v) is 2.65. The minimum absolute atomic E-state index is 0.201. The highest BCUT2D eigenvalue weighted by Crippen LogP contribution is 2.40. The van der Waals surface area contributed by atoms with Crippen LogP contribution in [-0.2, 0) is 6.54 Å². The third-order valence-corrected chi connectivity index (χ3v) is 4.11. The molecule has 124 valence electrons. The van der Waals surface area contributed by atoms with Crippen LogP contribution in [0.25, 0.3) is 0 Å². The molecule has 0 spiro atoms. The molecule has 0 radical (unpaired) electrons. The highest BCUT2D eigenvalue weighted by molar-refractivity contribution is 5.88. The van der Waals surface area contributed by atoms with Crippen molar-refractivity contribution in [2.75, 3.05) is 11.9 Å². The second-order valence-electron chi connectivity index (χ2n) is 6.09. The van der Waals surface area contributed by atoms with Crippen molar-refractivity contribution in [2.24, 2.45) is 5.92 Å². The molecule has 0 saturated heterocycles. The number of amides is 2. The summed E-state index contributed by atoms with van der Waals surface area (Å²) in [6.45, 7) is 5.41. The summed E-state index contributed by atoms with van der Waals surface area (Å²) in [5.41, 5.74) is 0.916. The maximum absolute atomic E-state index is 12.0. The Morgan fingerprint density at radius 1 is 1.48 bits per heavy atom. The minimum Gasteiger partial charge on any atom is -0.338 e. The van der Waals surface area contributed by atoms with E-state index in [9.17, 15) is 4.79 Å². The van der Waals surface area contributed by atoms with Crippen LogP contribution in [0.3, 0.4) is 0 Å². The predicted molar refractivity (Wildman–Crippen MR) is 86.1 cm³/mol. The summed E-state index contributed by atoms with van der Waals surface area (Å²) in [4.78, 5) is 12.0. The molecule has 1 fully saturated rings. The second kappa shape index (κ2) is 6.80. The average molecular weight is 317 g/mol. The van der Waals surface area contributed by atoms with Gasteiger partial charge in [0.25, 0.3) is 0 Å². The number of hydrogen-bond donors (Lipinski definition) is 2. The van der Waals surface area contributed by atoms with Crippen molar-refractivity contribution >= 4 is 11.8 Å². The Kier molecular flexibility index (Phi) is 4.59. The van der Waals surface area contributed by atoms with Gasteiger partial charge < -0.3 is 5.32 Å². The van der Waals surface area contributed by atoms with Crippen LogP contribution >= 0.6 is 0 Å². The largest absolute Gasteiger partial charge is 0.338 e. The molecule has 2 amide bonds. The topological polar surface area (TPSA) is 89.7 Å². The summed E-state index contributed by atoms with van der Waals surface area (Å²) in [5, 5.41) is 17.9. The van der Waals surface area contributed by atoms with Crippen molar-refractivity contribution in [3.63, 3.8) is 0 Å².